The van der Waals surface area contributed by atoms with E-state index >= 15 is 0 Å². The summed E-state index contributed by atoms with van der Waals surface area (Å²) in [6.45, 7) is 8.04. The Kier molecular flexibility index (Phi) is 4.55. The molecule has 0 amide bonds. The monoisotopic (exact) mass is 198 g/mol. The molecule has 1 aliphatic rings. The van der Waals surface area contributed by atoms with Crippen molar-refractivity contribution in [1.29, 1.82) is 0 Å². The van der Waals surface area contributed by atoms with Crippen LogP contribution in [0.15, 0.2) is 0 Å². The van der Waals surface area contributed by atoms with E-state index in [2.05, 4.69) is 24.5 Å². The van der Waals surface area contributed by atoms with Crippen molar-refractivity contribution in [1.82, 2.24) is 10.6 Å². The highest BCUT2D eigenvalue weighted by Gasteiger charge is 2.22. The molecule has 1 saturated heterocycles. The van der Waals surface area contributed by atoms with Crippen molar-refractivity contribution in [3.8, 4) is 0 Å². The third kappa shape index (κ3) is 3.76. The van der Waals surface area contributed by atoms with Gasteiger partial charge in [-0.1, -0.05) is 13.8 Å². The van der Waals surface area contributed by atoms with Crippen molar-refractivity contribution >= 4 is 5.78 Å². The number of carbonyl (C=O) groups is 1. The Morgan fingerprint density at radius 1 is 1.57 bits per heavy atom. The maximum Gasteiger partial charge on any atom is 0.146 e. The zero-order valence-corrected chi connectivity index (χ0v) is 9.47. The van der Waals surface area contributed by atoms with E-state index in [9.17, 15) is 4.79 Å². The Balaban J connectivity index is 2.37. The summed E-state index contributed by atoms with van der Waals surface area (Å²) in [5.41, 5.74) is 0. The number of rotatable bonds is 5. The minimum atomic E-state index is 0.0555. The number of hydrogen-bond donors (Lipinski definition) is 2. The van der Waals surface area contributed by atoms with Crippen molar-refractivity contribution in [2.75, 3.05) is 13.1 Å². The zero-order chi connectivity index (χ0) is 10.6. The van der Waals surface area contributed by atoms with Gasteiger partial charge >= 0.3 is 0 Å². The maximum absolute atomic E-state index is 11.4. The summed E-state index contributed by atoms with van der Waals surface area (Å²) in [7, 11) is 0. The summed E-state index contributed by atoms with van der Waals surface area (Å²) in [5.74, 6) is 0.945. The summed E-state index contributed by atoms with van der Waals surface area (Å²) < 4.78 is 0. The van der Waals surface area contributed by atoms with Gasteiger partial charge in [0.2, 0.25) is 0 Å². The quantitative estimate of drug-likeness (QED) is 0.691. The summed E-state index contributed by atoms with van der Waals surface area (Å²) in [4.78, 5) is 11.4. The molecule has 2 N–H and O–H groups in total. The topological polar surface area (TPSA) is 41.1 Å². The van der Waals surface area contributed by atoms with Gasteiger partial charge in [0.1, 0.15) is 5.78 Å². The van der Waals surface area contributed by atoms with Crippen molar-refractivity contribution in [3.63, 3.8) is 0 Å². The van der Waals surface area contributed by atoms with Crippen LogP contribution in [0, 0.1) is 5.92 Å². The Labute approximate surface area is 86.6 Å². The van der Waals surface area contributed by atoms with Crippen LogP contribution in [0.25, 0.3) is 0 Å². The normalized spacial score (nSPS) is 24.1. The molecule has 0 aromatic rings. The maximum atomic E-state index is 11.4. The molecule has 2 atom stereocenters. The number of hydrogen-bond acceptors (Lipinski definition) is 3. The van der Waals surface area contributed by atoms with Crippen LogP contribution in [-0.4, -0.2) is 31.0 Å². The third-order valence-corrected chi connectivity index (χ3v) is 2.76. The van der Waals surface area contributed by atoms with Crippen molar-refractivity contribution in [3.05, 3.63) is 0 Å². The van der Waals surface area contributed by atoms with Crippen LogP contribution in [0.1, 0.15) is 33.6 Å². The van der Waals surface area contributed by atoms with Crippen LogP contribution >= 0.6 is 0 Å². The SMILES string of the molecule is CC(=O)C(CC1CCNC1)NC(C)C. The Morgan fingerprint density at radius 3 is 2.71 bits per heavy atom. The second-order valence-electron chi connectivity index (χ2n) is 4.58. The summed E-state index contributed by atoms with van der Waals surface area (Å²) in [6.07, 6.45) is 2.20. The molecule has 1 fully saturated rings. The van der Waals surface area contributed by atoms with Crippen LogP contribution in [0.5, 0.6) is 0 Å². The van der Waals surface area contributed by atoms with Gasteiger partial charge in [-0.2, -0.15) is 0 Å². The fraction of sp³-hybridized carbons (Fsp3) is 0.909. The second-order valence-corrected chi connectivity index (χ2v) is 4.58. The molecule has 3 nitrogen and oxygen atoms in total. The molecular weight excluding hydrogens is 176 g/mol. The van der Waals surface area contributed by atoms with Crippen LogP contribution < -0.4 is 10.6 Å². The van der Waals surface area contributed by atoms with E-state index in [0.717, 1.165) is 19.5 Å². The lowest BCUT2D eigenvalue weighted by atomic mass is 9.96. The first kappa shape index (κ1) is 11.7. The van der Waals surface area contributed by atoms with Gasteiger partial charge in [-0.15, -0.1) is 0 Å². The van der Waals surface area contributed by atoms with Crippen LogP contribution in [0.4, 0.5) is 0 Å². The molecular formula is C11H22N2O. The van der Waals surface area contributed by atoms with E-state index in [1.807, 2.05) is 0 Å². The Bertz CT molecular complexity index is 186. The van der Waals surface area contributed by atoms with Crippen LogP contribution in [0.2, 0.25) is 0 Å². The first-order valence-corrected chi connectivity index (χ1v) is 5.56. The minimum absolute atomic E-state index is 0.0555. The predicted molar refractivity (Wildman–Crippen MR) is 58.3 cm³/mol. The molecule has 1 aliphatic heterocycles. The van der Waals surface area contributed by atoms with Crippen LogP contribution in [0.3, 0.4) is 0 Å². The van der Waals surface area contributed by atoms with Gasteiger partial charge in [-0.25, -0.2) is 0 Å². The van der Waals surface area contributed by atoms with Gasteiger partial charge in [0.15, 0.2) is 0 Å². The van der Waals surface area contributed by atoms with Gasteiger partial charge in [0.25, 0.3) is 0 Å². The third-order valence-electron chi connectivity index (χ3n) is 2.76. The summed E-state index contributed by atoms with van der Waals surface area (Å²) in [6, 6.07) is 0.443. The van der Waals surface area contributed by atoms with E-state index in [0.29, 0.717) is 12.0 Å². The van der Waals surface area contributed by atoms with E-state index in [1.54, 1.807) is 6.92 Å². The van der Waals surface area contributed by atoms with Gasteiger partial charge in [0.05, 0.1) is 6.04 Å². The van der Waals surface area contributed by atoms with Gasteiger partial charge in [-0.05, 0) is 38.8 Å². The molecule has 0 spiro atoms. The molecule has 2 unspecified atom stereocenters. The molecule has 82 valence electrons. The van der Waals surface area contributed by atoms with E-state index in [-0.39, 0.29) is 11.8 Å². The first-order valence-electron chi connectivity index (χ1n) is 5.56. The fourth-order valence-corrected chi connectivity index (χ4v) is 2.00. The van der Waals surface area contributed by atoms with E-state index < -0.39 is 0 Å². The molecule has 1 rings (SSSR count). The molecule has 14 heavy (non-hydrogen) atoms. The highest BCUT2D eigenvalue weighted by Crippen LogP contribution is 2.15. The van der Waals surface area contributed by atoms with Crippen molar-refractivity contribution in [2.45, 2.75) is 45.7 Å². The average Bonchev–Trinajstić information content (AvgIpc) is 2.54. The predicted octanol–water partition coefficient (Wildman–Crippen LogP) is 0.942. The lowest BCUT2D eigenvalue weighted by Gasteiger charge is -2.21. The van der Waals surface area contributed by atoms with Crippen LogP contribution in [-0.2, 0) is 4.79 Å². The molecule has 0 bridgehead atoms. The zero-order valence-electron chi connectivity index (χ0n) is 9.47. The smallest absolute Gasteiger partial charge is 0.146 e. The molecule has 0 aromatic heterocycles. The van der Waals surface area contributed by atoms with Crippen molar-refractivity contribution < 1.29 is 4.79 Å². The highest BCUT2D eigenvalue weighted by atomic mass is 16.1. The molecule has 0 saturated carbocycles. The largest absolute Gasteiger partial charge is 0.316 e. The number of ketones is 1. The Hall–Kier alpha value is -0.410. The van der Waals surface area contributed by atoms with E-state index in [1.165, 1.54) is 6.42 Å². The Morgan fingerprint density at radius 2 is 2.29 bits per heavy atom. The number of Topliss-reactive ketones (excluding diaryl/α,β-unsaturated/α-hetero) is 1. The standard InChI is InChI=1S/C11H22N2O/c1-8(2)13-11(9(3)14)6-10-4-5-12-7-10/h8,10-13H,4-7H2,1-3H3. The minimum Gasteiger partial charge on any atom is -0.316 e. The number of carbonyl (C=O) groups excluding carboxylic acids is 1. The average molecular weight is 198 g/mol. The fourth-order valence-electron chi connectivity index (χ4n) is 2.00. The van der Waals surface area contributed by atoms with Gasteiger partial charge < -0.3 is 10.6 Å². The van der Waals surface area contributed by atoms with E-state index in [4.69, 9.17) is 0 Å². The second kappa shape index (κ2) is 5.47. The molecule has 3 heteroatoms. The first-order chi connectivity index (χ1) is 6.59. The molecule has 0 aliphatic carbocycles. The molecule has 0 radical (unpaired) electrons. The lowest BCUT2D eigenvalue weighted by Crippen LogP contribution is -2.41. The number of nitrogens with one attached hydrogen (secondary N) is 2. The van der Waals surface area contributed by atoms with Gasteiger partial charge in [-0.3, -0.25) is 4.79 Å². The summed E-state index contributed by atoms with van der Waals surface area (Å²) >= 11 is 0. The molecule has 1 heterocycles. The van der Waals surface area contributed by atoms with Crippen molar-refractivity contribution in [2.24, 2.45) is 5.92 Å². The highest BCUT2D eigenvalue weighted by molar-refractivity contribution is 5.81. The lowest BCUT2D eigenvalue weighted by molar-refractivity contribution is -0.119. The van der Waals surface area contributed by atoms with Gasteiger partial charge in [0, 0.05) is 6.04 Å². The molecule has 0 aromatic carbocycles. The summed E-state index contributed by atoms with van der Waals surface area (Å²) in [5, 5.41) is 6.66.